The van der Waals surface area contributed by atoms with E-state index in [2.05, 4.69) is 50.3 Å². The van der Waals surface area contributed by atoms with Crippen LogP contribution in [-0.4, -0.2) is 74.9 Å². The van der Waals surface area contributed by atoms with Crippen molar-refractivity contribution in [1.29, 1.82) is 0 Å². The predicted molar refractivity (Wildman–Crippen MR) is 326 cm³/mol. The van der Waals surface area contributed by atoms with Crippen LogP contribution in [0.1, 0.15) is 322 Å². The molecule has 0 radical (unpaired) electrons. The maximum atomic E-state index is 12.8. The molecule has 0 spiro atoms. The lowest BCUT2D eigenvalue weighted by Crippen LogP contribution is -2.37. The summed E-state index contributed by atoms with van der Waals surface area (Å²) < 4.78 is 34.7. The molecular formula is C66H127NO8P+. The molecule has 0 saturated carbocycles. The van der Waals surface area contributed by atoms with Crippen molar-refractivity contribution in [3.63, 3.8) is 0 Å². The first kappa shape index (κ1) is 74.2. The van der Waals surface area contributed by atoms with E-state index >= 15 is 0 Å². The van der Waals surface area contributed by atoms with Gasteiger partial charge in [-0.2, -0.15) is 0 Å². The topological polar surface area (TPSA) is 108 Å². The number of carbonyl (C=O) groups is 2. The van der Waals surface area contributed by atoms with Gasteiger partial charge in [-0.05, 0) is 70.6 Å². The molecule has 76 heavy (non-hydrogen) atoms. The van der Waals surface area contributed by atoms with E-state index in [4.69, 9.17) is 18.5 Å². The summed E-state index contributed by atoms with van der Waals surface area (Å²) in [5.41, 5.74) is 0. The summed E-state index contributed by atoms with van der Waals surface area (Å²) in [7, 11) is 1.49. The number of phosphoric acid groups is 1. The second-order valence-corrected chi connectivity index (χ2v) is 25.0. The second kappa shape index (κ2) is 57.9. The lowest BCUT2D eigenvalue weighted by Gasteiger charge is -2.24. The number of likely N-dealkylation sites (N-methyl/N-ethyl adjacent to an activating group) is 1. The first-order valence-corrected chi connectivity index (χ1v) is 34.2. The largest absolute Gasteiger partial charge is 0.472 e. The SMILES string of the molecule is CCCCCCC/C=C\C/C=C\CCCCCCCCCCCCCC(=O)OC(COC(=O)CCCCCCCCCCCCCCCCCCC/C=C\CCCCCCCCCC)COP(=O)(O)OCC[N+](C)(C)C. The lowest BCUT2D eigenvalue weighted by molar-refractivity contribution is -0.870. The Morgan fingerprint density at radius 1 is 0.408 bits per heavy atom. The van der Waals surface area contributed by atoms with E-state index in [1.54, 1.807) is 0 Å². The van der Waals surface area contributed by atoms with E-state index in [1.807, 2.05) is 21.1 Å². The summed E-state index contributed by atoms with van der Waals surface area (Å²) in [6.07, 6.45) is 72.3. The Balaban J connectivity index is 4.05. The third-order valence-corrected chi connectivity index (χ3v) is 15.6. The van der Waals surface area contributed by atoms with Gasteiger partial charge in [0, 0.05) is 12.8 Å². The van der Waals surface area contributed by atoms with Crippen LogP contribution in [0.2, 0.25) is 0 Å². The predicted octanol–water partition coefficient (Wildman–Crippen LogP) is 20.7. The zero-order valence-electron chi connectivity index (χ0n) is 51.0. The highest BCUT2D eigenvalue weighted by atomic mass is 31.2. The third-order valence-electron chi connectivity index (χ3n) is 14.6. The van der Waals surface area contributed by atoms with E-state index in [-0.39, 0.29) is 25.6 Å². The average molecular weight is 1090 g/mol. The molecule has 1 N–H and O–H groups in total. The molecule has 0 aliphatic carbocycles. The maximum absolute atomic E-state index is 12.8. The molecule has 0 aliphatic rings. The van der Waals surface area contributed by atoms with Crippen molar-refractivity contribution in [1.82, 2.24) is 0 Å². The standard InChI is InChI=1S/C66H126NO8P/c1-6-8-10-12-14-16-18-20-22-24-26-28-30-31-32-33-34-35-37-38-40-42-44-46-48-50-52-54-56-58-65(68)72-62-64(63-74-76(70,71)73-61-60-67(3,4)5)75-66(69)59-57-55-53-51-49-47-45-43-41-39-36-29-27-25-23-21-19-17-15-13-11-9-7-2/h19,21,24-27,64H,6-18,20,22-23,28-63H2,1-5H3/p+1/b21-19-,26-24-,27-25-. The molecule has 2 unspecified atom stereocenters. The molecule has 0 aromatic carbocycles. The van der Waals surface area contributed by atoms with Gasteiger partial charge in [0.25, 0.3) is 0 Å². The molecule has 0 aromatic heterocycles. The van der Waals surface area contributed by atoms with Crippen LogP contribution in [0, 0.1) is 0 Å². The van der Waals surface area contributed by atoms with Crippen molar-refractivity contribution in [3.8, 4) is 0 Å². The number of rotatable bonds is 61. The molecule has 0 heterocycles. The molecular weight excluding hydrogens is 966 g/mol. The third kappa shape index (κ3) is 61.4. The Kier molecular flexibility index (Phi) is 56.6. The van der Waals surface area contributed by atoms with Gasteiger partial charge in [-0.25, -0.2) is 4.57 Å². The molecule has 0 rings (SSSR count). The van der Waals surface area contributed by atoms with Crippen LogP contribution in [0.25, 0.3) is 0 Å². The van der Waals surface area contributed by atoms with Gasteiger partial charge in [-0.15, -0.1) is 0 Å². The first-order chi connectivity index (χ1) is 37.0. The fraction of sp³-hybridized carbons (Fsp3) is 0.879. The number of ether oxygens (including phenoxy) is 2. The summed E-state index contributed by atoms with van der Waals surface area (Å²) in [5.74, 6) is -0.783. The summed E-state index contributed by atoms with van der Waals surface area (Å²) >= 11 is 0. The van der Waals surface area contributed by atoms with Gasteiger partial charge in [0.1, 0.15) is 19.8 Å². The second-order valence-electron chi connectivity index (χ2n) is 23.5. The fourth-order valence-electron chi connectivity index (χ4n) is 9.57. The quantitative estimate of drug-likeness (QED) is 0.0211. The van der Waals surface area contributed by atoms with Gasteiger partial charge in [0.05, 0.1) is 27.7 Å². The van der Waals surface area contributed by atoms with Crippen molar-refractivity contribution >= 4 is 19.8 Å². The van der Waals surface area contributed by atoms with E-state index < -0.39 is 26.5 Å². The fourth-order valence-corrected chi connectivity index (χ4v) is 10.3. The molecule has 10 heteroatoms. The molecule has 0 aliphatic heterocycles. The minimum Gasteiger partial charge on any atom is -0.462 e. The van der Waals surface area contributed by atoms with Crippen LogP contribution in [0.5, 0.6) is 0 Å². The molecule has 2 atom stereocenters. The number of phosphoric ester groups is 1. The highest BCUT2D eigenvalue weighted by molar-refractivity contribution is 7.47. The van der Waals surface area contributed by atoms with Gasteiger partial charge in [-0.1, -0.05) is 275 Å². The summed E-state index contributed by atoms with van der Waals surface area (Å²) in [6, 6.07) is 0. The van der Waals surface area contributed by atoms with E-state index in [0.29, 0.717) is 23.9 Å². The Bertz CT molecular complexity index is 1380. The number of quaternary nitrogens is 1. The normalized spacial score (nSPS) is 13.4. The zero-order valence-corrected chi connectivity index (χ0v) is 51.9. The molecule has 0 fully saturated rings. The molecule has 448 valence electrons. The summed E-state index contributed by atoms with van der Waals surface area (Å²) in [4.78, 5) is 35.8. The maximum Gasteiger partial charge on any atom is 0.472 e. The Morgan fingerprint density at radius 2 is 0.711 bits per heavy atom. The van der Waals surface area contributed by atoms with Crippen molar-refractivity contribution in [2.24, 2.45) is 0 Å². The molecule has 0 amide bonds. The Morgan fingerprint density at radius 3 is 1.05 bits per heavy atom. The van der Waals surface area contributed by atoms with E-state index in [0.717, 1.165) is 44.9 Å². The van der Waals surface area contributed by atoms with Gasteiger partial charge < -0.3 is 18.9 Å². The van der Waals surface area contributed by atoms with Crippen molar-refractivity contribution in [2.75, 3.05) is 47.5 Å². The lowest BCUT2D eigenvalue weighted by atomic mass is 10.0. The first-order valence-electron chi connectivity index (χ1n) is 32.7. The van der Waals surface area contributed by atoms with E-state index in [1.165, 1.54) is 244 Å². The number of hydrogen-bond donors (Lipinski definition) is 1. The molecule has 0 saturated heterocycles. The molecule has 0 bridgehead atoms. The number of esters is 2. The minimum absolute atomic E-state index is 0.0330. The van der Waals surface area contributed by atoms with Gasteiger partial charge in [0.2, 0.25) is 0 Å². The number of hydrogen-bond acceptors (Lipinski definition) is 7. The molecule has 9 nitrogen and oxygen atoms in total. The van der Waals surface area contributed by atoms with Crippen LogP contribution < -0.4 is 0 Å². The minimum atomic E-state index is -4.39. The van der Waals surface area contributed by atoms with E-state index in [9.17, 15) is 19.0 Å². The van der Waals surface area contributed by atoms with Crippen LogP contribution in [0.15, 0.2) is 36.5 Å². The Hall–Kier alpha value is -1.77. The van der Waals surface area contributed by atoms with Crippen molar-refractivity contribution < 1.29 is 42.1 Å². The summed E-state index contributed by atoms with van der Waals surface area (Å²) in [5, 5.41) is 0. The number of unbranched alkanes of at least 4 members (excludes halogenated alkanes) is 41. The van der Waals surface area contributed by atoms with Crippen LogP contribution in [0.3, 0.4) is 0 Å². The van der Waals surface area contributed by atoms with Crippen molar-refractivity contribution in [2.45, 2.75) is 328 Å². The van der Waals surface area contributed by atoms with Crippen LogP contribution >= 0.6 is 7.82 Å². The number of nitrogens with zero attached hydrogens (tertiary/aromatic N) is 1. The van der Waals surface area contributed by atoms with Crippen LogP contribution in [-0.2, 0) is 32.7 Å². The monoisotopic (exact) mass is 1090 g/mol. The van der Waals surface area contributed by atoms with Gasteiger partial charge in [0.15, 0.2) is 6.10 Å². The van der Waals surface area contributed by atoms with Gasteiger partial charge in [-0.3, -0.25) is 18.6 Å². The Labute approximate surface area is 471 Å². The zero-order chi connectivity index (χ0) is 55.6. The average Bonchev–Trinajstić information content (AvgIpc) is 3.38. The van der Waals surface area contributed by atoms with Gasteiger partial charge >= 0.3 is 19.8 Å². The number of allylic oxidation sites excluding steroid dienone is 6. The van der Waals surface area contributed by atoms with Crippen molar-refractivity contribution in [3.05, 3.63) is 36.5 Å². The van der Waals surface area contributed by atoms with Crippen LogP contribution in [0.4, 0.5) is 0 Å². The highest BCUT2D eigenvalue weighted by Crippen LogP contribution is 2.43. The highest BCUT2D eigenvalue weighted by Gasteiger charge is 2.27. The number of carbonyl (C=O) groups excluding carboxylic acids is 2. The summed E-state index contributed by atoms with van der Waals surface area (Å²) in [6.45, 7) is 4.47. The smallest absolute Gasteiger partial charge is 0.462 e. The molecule has 0 aromatic rings.